The predicted octanol–water partition coefficient (Wildman–Crippen LogP) is 1.66. The van der Waals surface area contributed by atoms with Crippen LogP contribution in [0.1, 0.15) is 22.5 Å². The molecule has 0 saturated carbocycles. The Bertz CT molecular complexity index is 827. The summed E-state index contributed by atoms with van der Waals surface area (Å²) in [5.41, 5.74) is 0.366. The van der Waals surface area contributed by atoms with Crippen LogP contribution < -0.4 is 4.72 Å². The Labute approximate surface area is 153 Å². The second-order valence-electron chi connectivity index (χ2n) is 6.01. The minimum absolute atomic E-state index is 0.0922. The molecule has 0 bridgehead atoms. The van der Waals surface area contributed by atoms with Crippen LogP contribution in [0.2, 0.25) is 0 Å². The monoisotopic (exact) mass is 378 g/mol. The number of morpholine rings is 1. The first-order valence-electron chi connectivity index (χ1n) is 8.55. The quantitative estimate of drug-likeness (QED) is 0.740. The highest BCUT2D eigenvalue weighted by Crippen LogP contribution is 2.14. The van der Waals surface area contributed by atoms with Gasteiger partial charge in [0.1, 0.15) is 5.76 Å². The molecule has 0 spiro atoms. The summed E-state index contributed by atoms with van der Waals surface area (Å²) in [5.74, 6) is 0.644. The van der Waals surface area contributed by atoms with E-state index >= 15 is 0 Å². The Morgan fingerprint density at radius 2 is 1.96 bits per heavy atom. The highest BCUT2D eigenvalue weighted by atomic mass is 32.2. The lowest BCUT2D eigenvalue weighted by Gasteiger charge is -2.27. The van der Waals surface area contributed by atoms with Crippen LogP contribution in [0.4, 0.5) is 0 Å². The van der Waals surface area contributed by atoms with Crippen molar-refractivity contribution in [1.29, 1.82) is 0 Å². The summed E-state index contributed by atoms with van der Waals surface area (Å²) in [5, 5.41) is 0. The number of carbonyl (C=O) groups excluding carboxylic acids is 1. The molecule has 26 heavy (non-hydrogen) atoms. The van der Waals surface area contributed by atoms with E-state index in [2.05, 4.69) is 4.72 Å². The van der Waals surface area contributed by atoms with E-state index < -0.39 is 10.0 Å². The van der Waals surface area contributed by atoms with Gasteiger partial charge in [0.05, 0.1) is 24.4 Å². The molecule has 7 nitrogen and oxygen atoms in total. The Hall–Kier alpha value is -2.16. The standard InChI is InChI=1S/C18H22N2O5S/c21-18(20-9-12-24-13-10-20)15-4-1-7-17(14-15)26(22,23)19-8-2-5-16-6-3-11-25-16/h1,3-4,6-7,11,14,19H,2,5,8-10,12-13H2. The van der Waals surface area contributed by atoms with E-state index in [9.17, 15) is 13.2 Å². The zero-order chi connectivity index (χ0) is 18.4. The molecule has 0 unspecified atom stereocenters. The van der Waals surface area contributed by atoms with E-state index in [0.29, 0.717) is 51.3 Å². The van der Waals surface area contributed by atoms with Crippen molar-refractivity contribution < 1.29 is 22.4 Å². The first-order valence-corrected chi connectivity index (χ1v) is 10.0. The molecular formula is C18H22N2O5S. The Morgan fingerprint density at radius 1 is 1.15 bits per heavy atom. The normalized spacial score (nSPS) is 15.2. The lowest BCUT2D eigenvalue weighted by Crippen LogP contribution is -2.40. The number of aryl methyl sites for hydroxylation is 1. The maximum Gasteiger partial charge on any atom is 0.254 e. The van der Waals surface area contributed by atoms with Crippen molar-refractivity contribution in [2.24, 2.45) is 0 Å². The molecule has 8 heteroatoms. The van der Waals surface area contributed by atoms with Crippen LogP contribution in [-0.2, 0) is 21.2 Å². The van der Waals surface area contributed by atoms with Gasteiger partial charge in [-0.05, 0) is 36.8 Å². The molecule has 1 saturated heterocycles. The highest BCUT2D eigenvalue weighted by Gasteiger charge is 2.21. The fourth-order valence-electron chi connectivity index (χ4n) is 2.75. The number of amides is 1. The minimum Gasteiger partial charge on any atom is -0.469 e. The third-order valence-corrected chi connectivity index (χ3v) is 5.62. The number of nitrogens with zero attached hydrogens (tertiary/aromatic N) is 1. The second kappa shape index (κ2) is 8.48. The van der Waals surface area contributed by atoms with E-state index in [1.54, 1.807) is 29.4 Å². The van der Waals surface area contributed by atoms with Crippen LogP contribution in [0.25, 0.3) is 0 Å². The van der Waals surface area contributed by atoms with Crippen LogP contribution >= 0.6 is 0 Å². The number of rotatable bonds is 7. The first-order chi connectivity index (χ1) is 12.6. The first kappa shape index (κ1) is 18.6. The molecular weight excluding hydrogens is 356 g/mol. The van der Waals surface area contributed by atoms with Crippen molar-refractivity contribution in [2.75, 3.05) is 32.8 Å². The van der Waals surface area contributed by atoms with Crippen molar-refractivity contribution in [3.05, 3.63) is 54.0 Å². The lowest BCUT2D eigenvalue weighted by molar-refractivity contribution is 0.0302. The Morgan fingerprint density at radius 3 is 2.69 bits per heavy atom. The molecule has 140 valence electrons. The van der Waals surface area contributed by atoms with E-state index in [4.69, 9.17) is 9.15 Å². The summed E-state index contributed by atoms with van der Waals surface area (Å²) in [6.07, 6.45) is 2.88. The molecule has 3 rings (SSSR count). The van der Waals surface area contributed by atoms with Crippen molar-refractivity contribution in [3.8, 4) is 0 Å². The zero-order valence-electron chi connectivity index (χ0n) is 14.4. The topological polar surface area (TPSA) is 88.8 Å². The van der Waals surface area contributed by atoms with E-state index in [1.165, 1.54) is 12.1 Å². The number of carbonyl (C=O) groups is 1. The third kappa shape index (κ3) is 4.72. The molecule has 0 radical (unpaired) electrons. The lowest BCUT2D eigenvalue weighted by atomic mass is 10.2. The van der Waals surface area contributed by atoms with Gasteiger partial charge in [0.15, 0.2) is 0 Å². The van der Waals surface area contributed by atoms with Gasteiger partial charge in [-0.1, -0.05) is 6.07 Å². The zero-order valence-corrected chi connectivity index (χ0v) is 15.2. The van der Waals surface area contributed by atoms with Gasteiger partial charge < -0.3 is 14.1 Å². The van der Waals surface area contributed by atoms with E-state index in [0.717, 1.165) is 5.76 Å². The van der Waals surface area contributed by atoms with Gasteiger partial charge in [0.2, 0.25) is 10.0 Å². The Balaban J connectivity index is 1.61. The van der Waals surface area contributed by atoms with Gasteiger partial charge in [-0.3, -0.25) is 4.79 Å². The highest BCUT2D eigenvalue weighted by molar-refractivity contribution is 7.89. The maximum atomic E-state index is 12.5. The largest absolute Gasteiger partial charge is 0.469 e. The number of hydrogen-bond donors (Lipinski definition) is 1. The van der Waals surface area contributed by atoms with E-state index in [-0.39, 0.29) is 10.8 Å². The summed E-state index contributed by atoms with van der Waals surface area (Å²) in [6.45, 7) is 2.33. The summed E-state index contributed by atoms with van der Waals surface area (Å²) >= 11 is 0. The fraction of sp³-hybridized carbons (Fsp3) is 0.389. The second-order valence-corrected chi connectivity index (χ2v) is 7.78. The molecule has 1 amide bonds. The van der Waals surface area contributed by atoms with Gasteiger partial charge in [0.25, 0.3) is 5.91 Å². The minimum atomic E-state index is -3.66. The number of sulfonamides is 1. The van der Waals surface area contributed by atoms with Crippen LogP contribution in [0.5, 0.6) is 0 Å². The summed E-state index contributed by atoms with van der Waals surface area (Å²) < 4.78 is 38.0. The van der Waals surface area contributed by atoms with Gasteiger partial charge >= 0.3 is 0 Å². The summed E-state index contributed by atoms with van der Waals surface area (Å²) in [7, 11) is -3.66. The average Bonchev–Trinajstić information content (AvgIpc) is 3.19. The Kier molecular flexibility index (Phi) is 6.08. The van der Waals surface area contributed by atoms with Crippen LogP contribution in [0, 0.1) is 0 Å². The van der Waals surface area contributed by atoms with Crippen molar-refractivity contribution >= 4 is 15.9 Å². The molecule has 1 aromatic carbocycles. The smallest absolute Gasteiger partial charge is 0.254 e. The summed E-state index contributed by atoms with van der Waals surface area (Å²) in [4.78, 5) is 14.3. The molecule has 1 N–H and O–H groups in total. The maximum absolute atomic E-state index is 12.5. The van der Waals surface area contributed by atoms with Crippen molar-refractivity contribution in [2.45, 2.75) is 17.7 Å². The van der Waals surface area contributed by atoms with Gasteiger partial charge in [-0.2, -0.15) is 0 Å². The van der Waals surface area contributed by atoms with Crippen LogP contribution in [-0.4, -0.2) is 52.1 Å². The molecule has 1 aliphatic heterocycles. The van der Waals surface area contributed by atoms with Gasteiger partial charge in [-0.15, -0.1) is 0 Å². The molecule has 1 aliphatic rings. The van der Waals surface area contributed by atoms with Crippen molar-refractivity contribution in [1.82, 2.24) is 9.62 Å². The van der Waals surface area contributed by atoms with Crippen LogP contribution in [0.15, 0.2) is 52.0 Å². The van der Waals surface area contributed by atoms with Gasteiger partial charge in [0, 0.05) is 31.6 Å². The molecule has 1 fully saturated rings. The van der Waals surface area contributed by atoms with E-state index in [1.807, 2.05) is 6.07 Å². The van der Waals surface area contributed by atoms with Crippen molar-refractivity contribution in [3.63, 3.8) is 0 Å². The SMILES string of the molecule is O=C(c1cccc(S(=O)(=O)NCCCc2ccco2)c1)N1CCOCC1. The molecule has 2 heterocycles. The fourth-order valence-corrected chi connectivity index (χ4v) is 3.87. The molecule has 0 aliphatic carbocycles. The number of ether oxygens (including phenoxy) is 1. The molecule has 0 atom stereocenters. The molecule has 1 aromatic heterocycles. The predicted molar refractivity (Wildman–Crippen MR) is 95.4 cm³/mol. The van der Waals surface area contributed by atoms with Gasteiger partial charge in [-0.25, -0.2) is 13.1 Å². The van der Waals surface area contributed by atoms with Crippen LogP contribution in [0.3, 0.4) is 0 Å². The number of hydrogen-bond acceptors (Lipinski definition) is 5. The summed E-state index contributed by atoms with van der Waals surface area (Å²) in [6, 6.07) is 9.79. The number of nitrogens with one attached hydrogen (secondary N) is 1. The average molecular weight is 378 g/mol. The third-order valence-electron chi connectivity index (χ3n) is 4.16. The molecule has 2 aromatic rings. The number of benzene rings is 1. The number of furan rings is 1.